The molecule has 0 bridgehead atoms. The predicted molar refractivity (Wildman–Crippen MR) is 218 cm³/mol. The molecule has 3 heteroatoms. The lowest BCUT2D eigenvalue weighted by atomic mass is 9.82. The Hall–Kier alpha value is -6.89. The van der Waals surface area contributed by atoms with Gasteiger partial charge in [-0.1, -0.05) is 172 Å². The van der Waals surface area contributed by atoms with Gasteiger partial charge in [-0.3, -0.25) is 0 Å². The lowest BCUT2D eigenvalue weighted by molar-refractivity contribution is 0.660. The van der Waals surface area contributed by atoms with Crippen molar-refractivity contribution in [3.8, 4) is 78.4 Å². The third-order valence-corrected chi connectivity index (χ3v) is 10.6. The maximum atomic E-state index is 7.57. The van der Waals surface area contributed by atoms with Crippen LogP contribution in [0.4, 0.5) is 5.69 Å². The van der Waals surface area contributed by atoms with Crippen LogP contribution in [0.2, 0.25) is 0 Å². The van der Waals surface area contributed by atoms with Gasteiger partial charge >= 0.3 is 0 Å². The van der Waals surface area contributed by atoms with E-state index in [2.05, 4.69) is 158 Å². The average molecular weight is 678 g/mol. The molecule has 1 aliphatic carbocycles. The third-order valence-electron chi connectivity index (χ3n) is 10.6. The summed E-state index contributed by atoms with van der Waals surface area (Å²) in [6, 6.07) is 61.6. The van der Waals surface area contributed by atoms with E-state index in [1.54, 1.807) is 0 Å². The van der Waals surface area contributed by atoms with Crippen molar-refractivity contribution in [2.45, 2.75) is 19.3 Å². The van der Waals surface area contributed by atoms with Crippen LogP contribution in [0.15, 0.2) is 176 Å². The molecule has 0 spiro atoms. The van der Waals surface area contributed by atoms with E-state index >= 15 is 0 Å². The van der Waals surface area contributed by atoms with Gasteiger partial charge < -0.3 is 0 Å². The zero-order chi connectivity index (χ0) is 35.9. The molecule has 0 N–H and O–H groups in total. The zero-order valence-electron chi connectivity index (χ0n) is 29.6. The van der Waals surface area contributed by atoms with Crippen molar-refractivity contribution in [1.82, 2.24) is 9.97 Å². The number of hydrogen-bond donors (Lipinski definition) is 0. The fourth-order valence-corrected chi connectivity index (χ4v) is 7.62. The first-order valence-electron chi connectivity index (χ1n) is 17.9. The summed E-state index contributed by atoms with van der Waals surface area (Å²) < 4.78 is 0. The highest BCUT2D eigenvalue weighted by Gasteiger charge is 2.35. The summed E-state index contributed by atoms with van der Waals surface area (Å²) in [4.78, 5) is 13.9. The number of nitrogens with zero attached hydrogens (tertiary/aromatic N) is 3. The van der Waals surface area contributed by atoms with E-state index < -0.39 is 0 Å². The van der Waals surface area contributed by atoms with Crippen LogP contribution < -0.4 is 0 Å². The second-order valence-electron chi connectivity index (χ2n) is 14.2. The Morgan fingerprint density at radius 2 is 0.792 bits per heavy atom. The second kappa shape index (κ2) is 13.0. The van der Waals surface area contributed by atoms with Gasteiger partial charge in [-0.05, 0) is 73.8 Å². The highest BCUT2D eigenvalue weighted by atomic mass is 14.9. The Morgan fingerprint density at radius 1 is 0.396 bits per heavy atom. The van der Waals surface area contributed by atoms with Gasteiger partial charge in [0, 0.05) is 22.1 Å². The fraction of sp³-hybridized carbons (Fsp3) is 0.0600. The van der Waals surface area contributed by atoms with Gasteiger partial charge in [-0.25, -0.2) is 14.8 Å². The SMILES string of the molecule is [C-]#[N+]c1ccc2c(c1)-c1cc(-c3ccc(-c4nc(-c5ccccc5)cc(-c5ccc(-c6ccc(-c7ccccc7)cc6)cc5)n4)cc3)ccc1C2(C)C. The molecule has 0 aliphatic heterocycles. The molecule has 1 aromatic heterocycles. The van der Waals surface area contributed by atoms with Gasteiger partial charge in [0.15, 0.2) is 11.5 Å². The summed E-state index contributed by atoms with van der Waals surface area (Å²) in [5, 5.41) is 0. The molecule has 9 rings (SSSR count). The van der Waals surface area contributed by atoms with Gasteiger partial charge in [-0.2, -0.15) is 0 Å². The molecule has 0 atom stereocenters. The summed E-state index contributed by atoms with van der Waals surface area (Å²) in [5.41, 5.74) is 17.3. The predicted octanol–water partition coefficient (Wildman–Crippen LogP) is 13.3. The molecule has 1 aliphatic rings. The second-order valence-corrected chi connectivity index (χ2v) is 14.2. The van der Waals surface area contributed by atoms with Crippen LogP contribution in [0.1, 0.15) is 25.0 Å². The highest BCUT2D eigenvalue weighted by molar-refractivity contribution is 5.86. The highest BCUT2D eigenvalue weighted by Crippen LogP contribution is 2.50. The smallest absolute Gasteiger partial charge is 0.187 e. The fourth-order valence-electron chi connectivity index (χ4n) is 7.62. The van der Waals surface area contributed by atoms with E-state index in [4.69, 9.17) is 16.5 Å². The Balaban J connectivity index is 1.04. The van der Waals surface area contributed by atoms with E-state index in [0.717, 1.165) is 50.3 Å². The van der Waals surface area contributed by atoms with Gasteiger partial charge in [-0.15, -0.1) is 0 Å². The van der Waals surface area contributed by atoms with Crippen molar-refractivity contribution in [1.29, 1.82) is 0 Å². The molecule has 0 saturated heterocycles. The molecular weight excluding hydrogens is 643 g/mol. The summed E-state index contributed by atoms with van der Waals surface area (Å²) in [5.74, 6) is 0.685. The van der Waals surface area contributed by atoms with Crippen LogP contribution in [-0.2, 0) is 5.41 Å². The summed E-state index contributed by atoms with van der Waals surface area (Å²) in [6.45, 7) is 12.1. The van der Waals surface area contributed by atoms with E-state index in [0.29, 0.717) is 11.5 Å². The Morgan fingerprint density at radius 3 is 1.34 bits per heavy atom. The quantitative estimate of drug-likeness (QED) is 0.164. The lowest BCUT2D eigenvalue weighted by Gasteiger charge is -2.21. The number of fused-ring (bicyclic) bond motifs is 3. The van der Waals surface area contributed by atoms with Crippen LogP contribution in [0.25, 0.3) is 83.3 Å². The molecule has 8 aromatic rings. The van der Waals surface area contributed by atoms with Crippen molar-refractivity contribution in [3.63, 3.8) is 0 Å². The van der Waals surface area contributed by atoms with Crippen molar-refractivity contribution < 1.29 is 0 Å². The van der Waals surface area contributed by atoms with Crippen LogP contribution in [0.5, 0.6) is 0 Å². The third kappa shape index (κ3) is 5.91. The first kappa shape index (κ1) is 32.0. The summed E-state index contributed by atoms with van der Waals surface area (Å²) >= 11 is 0. The Labute approximate surface area is 310 Å². The molecule has 3 nitrogen and oxygen atoms in total. The van der Waals surface area contributed by atoms with E-state index in [9.17, 15) is 0 Å². The van der Waals surface area contributed by atoms with Crippen molar-refractivity contribution in [2.24, 2.45) is 0 Å². The molecule has 0 radical (unpaired) electrons. The first-order chi connectivity index (χ1) is 25.9. The van der Waals surface area contributed by atoms with E-state index in [-0.39, 0.29) is 5.41 Å². The minimum atomic E-state index is -0.110. The van der Waals surface area contributed by atoms with E-state index in [1.807, 2.05) is 36.4 Å². The van der Waals surface area contributed by atoms with Crippen molar-refractivity contribution in [3.05, 3.63) is 198 Å². The van der Waals surface area contributed by atoms with Crippen LogP contribution in [0, 0.1) is 6.57 Å². The molecule has 250 valence electrons. The zero-order valence-corrected chi connectivity index (χ0v) is 29.6. The van der Waals surface area contributed by atoms with Crippen LogP contribution >= 0.6 is 0 Å². The van der Waals surface area contributed by atoms with Crippen molar-refractivity contribution in [2.75, 3.05) is 0 Å². The molecular formula is C50H35N3. The largest absolute Gasteiger partial charge is 0.238 e. The monoisotopic (exact) mass is 677 g/mol. The molecule has 0 fully saturated rings. The minimum absolute atomic E-state index is 0.110. The van der Waals surface area contributed by atoms with E-state index in [1.165, 1.54) is 33.4 Å². The molecule has 0 amide bonds. The van der Waals surface area contributed by atoms with Gasteiger partial charge in [0.1, 0.15) is 0 Å². The molecule has 1 heterocycles. The van der Waals surface area contributed by atoms with Crippen LogP contribution in [0.3, 0.4) is 0 Å². The van der Waals surface area contributed by atoms with Gasteiger partial charge in [0.2, 0.25) is 0 Å². The summed E-state index contributed by atoms with van der Waals surface area (Å²) in [6.07, 6.45) is 0. The first-order valence-corrected chi connectivity index (χ1v) is 17.9. The molecule has 0 saturated carbocycles. The lowest BCUT2D eigenvalue weighted by Crippen LogP contribution is -2.14. The Bertz CT molecular complexity index is 2650. The molecule has 0 unspecified atom stereocenters. The van der Waals surface area contributed by atoms with Crippen molar-refractivity contribution >= 4 is 5.69 Å². The average Bonchev–Trinajstić information content (AvgIpc) is 3.46. The topological polar surface area (TPSA) is 30.1 Å². The maximum absolute atomic E-state index is 7.57. The molecule has 7 aromatic carbocycles. The van der Waals surface area contributed by atoms with Gasteiger partial charge in [0.05, 0.1) is 18.0 Å². The number of benzene rings is 7. The number of aromatic nitrogens is 2. The Kier molecular flexibility index (Phi) is 7.87. The normalized spacial score (nSPS) is 12.5. The minimum Gasteiger partial charge on any atom is -0.238 e. The summed E-state index contributed by atoms with van der Waals surface area (Å²) in [7, 11) is 0. The number of hydrogen-bond acceptors (Lipinski definition) is 2. The maximum Gasteiger partial charge on any atom is 0.187 e. The van der Waals surface area contributed by atoms with Gasteiger partial charge in [0.25, 0.3) is 0 Å². The standard InChI is InChI=1S/C50H35N3/c1-50(2)45-28-26-41(30-43(45)44-31-42(51-3)27-29-46(44)50)37-20-24-40(25-21-37)49-52-47(38-12-8-5-9-13-38)32-48(53-49)39-22-18-36(19-23-39)35-16-14-34(15-17-35)33-10-6-4-7-11-33/h4-32H,1-2H3. The molecule has 53 heavy (non-hydrogen) atoms. The number of rotatable bonds is 6. The van der Waals surface area contributed by atoms with Crippen LogP contribution in [-0.4, -0.2) is 9.97 Å².